The lowest BCUT2D eigenvalue weighted by Crippen LogP contribution is -2.19. The molecule has 0 aliphatic heterocycles. The Bertz CT molecular complexity index is 963. The normalized spacial score (nSPS) is 11.1. The molecule has 0 spiro atoms. The lowest BCUT2D eigenvalue weighted by molar-refractivity contribution is -0.118. The van der Waals surface area contributed by atoms with Gasteiger partial charge < -0.3 is 0 Å². The van der Waals surface area contributed by atoms with Crippen LogP contribution in [-0.4, -0.2) is 28.1 Å². The van der Waals surface area contributed by atoms with E-state index in [2.05, 4.69) is 20.7 Å². The molecule has 0 radical (unpaired) electrons. The predicted octanol–water partition coefficient (Wildman–Crippen LogP) is 5.38. The molecule has 2 aromatic carbocycles. The third kappa shape index (κ3) is 7.10. The first-order valence-corrected chi connectivity index (χ1v) is 11.5. The summed E-state index contributed by atoms with van der Waals surface area (Å²) in [7, 11) is 0. The Hall–Kier alpha value is -1.58. The molecule has 28 heavy (non-hydrogen) atoms. The number of carbonyl (C=O) groups excluding carboxylic acids is 1. The van der Waals surface area contributed by atoms with E-state index in [9.17, 15) is 4.79 Å². The molecule has 0 atom stereocenters. The van der Waals surface area contributed by atoms with Gasteiger partial charge in [-0.3, -0.25) is 4.79 Å². The number of nitrogens with zero attached hydrogens (tertiary/aromatic N) is 3. The number of rotatable bonds is 8. The molecule has 1 aromatic heterocycles. The molecule has 0 saturated heterocycles. The monoisotopic (exact) mass is 468 g/mol. The molecule has 0 fully saturated rings. The third-order valence-corrected chi connectivity index (χ3v) is 6.99. The summed E-state index contributed by atoms with van der Waals surface area (Å²) in [6.45, 7) is 0. The van der Waals surface area contributed by atoms with Crippen molar-refractivity contribution in [1.82, 2.24) is 15.6 Å². The van der Waals surface area contributed by atoms with Crippen molar-refractivity contribution in [2.45, 2.75) is 14.4 Å². The van der Waals surface area contributed by atoms with Gasteiger partial charge in [0, 0.05) is 15.8 Å². The number of aromatic nitrogens is 2. The molecular weight excluding hydrogens is 455 g/mol. The molecule has 0 aliphatic carbocycles. The minimum atomic E-state index is -0.214. The van der Waals surface area contributed by atoms with Gasteiger partial charge in [0.05, 0.1) is 12.0 Å². The van der Waals surface area contributed by atoms with E-state index < -0.39 is 0 Å². The largest absolute Gasteiger partial charge is 0.272 e. The Morgan fingerprint density at radius 1 is 1.07 bits per heavy atom. The van der Waals surface area contributed by atoms with Crippen LogP contribution in [0.1, 0.15) is 11.1 Å². The molecule has 0 saturated carbocycles. The molecule has 3 aromatic rings. The Morgan fingerprint density at radius 2 is 1.82 bits per heavy atom. The number of hydrogen-bond donors (Lipinski definition) is 1. The molecule has 1 N–H and O–H groups in total. The summed E-state index contributed by atoms with van der Waals surface area (Å²) in [5, 5.41) is 13.5. The zero-order valence-corrected chi connectivity index (χ0v) is 18.3. The first-order valence-electron chi connectivity index (χ1n) is 7.99. The summed E-state index contributed by atoms with van der Waals surface area (Å²) in [6.07, 6.45) is 1.55. The van der Waals surface area contributed by atoms with Crippen LogP contribution in [0, 0.1) is 0 Å². The van der Waals surface area contributed by atoms with Gasteiger partial charge in [-0.05, 0) is 35.4 Å². The minimum absolute atomic E-state index is 0.212. The van der Waals surface area contributed by atoms with Gasteiger partial charge in [0.25, 0.3) is 5.91 Å². The zero-order valence-electron chi connectivity index (χ0n) is 14.3. The number of hydrazone groups is 1. The summed E-state index contributed by atoms with van der Waals surface area (Å²) in [4.78, 5) is 11.9. The smallest absolute Gasteiger partial charge is 0.250 e. The van der Waals surface area contributed by atoms with Crippen LogP contribution in [-0.2, 0) is 10.5 Å². The Balaban J connectivity index is 1.41. The molecule has 0 bridgehead atoms. The van der Waals surface area contributed by atoms with Crippen molar-refractivity contribution in [3.05, 3.63) is 69.7 Å². The van der Waals surface area contributed by atoms with Gasteiger partial charge in [0.15, 0.2) is 8.68 Å². The fraction of sp³-hybridized carbons (Fsp3) is 0.111. The maximum atomic E-state index is 11.9. The molecule has 1 amide bonds. The van der Waals surface area contributed by atoms with Crippen molar-refractivity contribution < 1.29 is 4.79 Å². The van der Waals surface area contributed by atoms with Crippen molar-refractivity contribution in [3.63, 3.8) is 0 Å². The van der Waals surface area contributed by atoms with E-state index in [1.54, 1.807) is 30.1 Å². The highest BCUT2D eigenvalue weighted by Gasteiger charge is 2.08. The number of hydrogen-bond acceptors (Lipinski definition) is 7. The van der Waals surface area contributed by atoms with Gasteiger partial charge >= 0.3 is 0 Å². The average Bonchev–Trinajstić information content (AvgIpc) is 3.14. The SMILES string of the molecule is O=C(CSc1nnc(SCc2ccc(Cl)cc2)s1)N/N=C\c1cccc(Cl)c1. The number of carbonyl (C=O) groups is 1. The van der Waals surface area contributed by atoms with Crippen LogP contribution in [0.15, 0.2) is 62.3 Å². The van der Waals surface area contributed by atoms with E-state index in [0.717, 1.165) is 30.6 Å². The first kappa shape index (κ1) is 21.1. The van der Waals surface area contributed by atoms with Crippen LogP contribution in [0.3, 0.4) is 0 Å². The van der Waals surface area contributed by atoms with Crippen molar-refractivity contribution in [1.29, 1.82) is 0 Å². The van der Waals surface area contributed by atoms with Gasteiger partial charge in [0.1, 0.15) is 0 Å². The lowest BCUT2D eigenvalue weighted by atomic mass is 10.2. The van der Waals surface area contributed by atoms with Gasteiger partial charge in [-0.25, -0.2) is 5.43 Å². The number of nitrogens with one attached hydrogen (secondary N) is 1. The minimum Gasteiger partial charge on any atom is -0.272 e. The highest BCUT2D eigenvalue weighted by molar-refractivity contribution is 8.03. The van der Waals surface area contributed by atoms with E-state index in [4.69, 9.17) is 23.2 Å². The Kier molecular flexibility index (Phi) is 8.17. The number of amides is 1. The van der Waals surface area contributed by atoms with Gasteiger partial charge in [0.2, 0.25) is 0 Å². The molecule has 10 heteroatoms. The fourth-order valence-corrected chi connectivity index (χ4v) is 5.06. The van der Waals surface area contributed by atoms with Crippen LogP contribution in [0.5, 0.6) is 0 Å². The number of thioether (sulfide) groups is 2. The lowest BCUT2D eigenvalue weighted by Gasteiger charge is -1.98. The second kappa shape index (κ2) is 10.8. The van der Waals surface area contributed by atoms with E-state index in [0.29, 0.717) is 5.02 Å². The third-order valence-electron chi connectivity index (χ3n) is 3.24. The van der Waals surface area contributed by atoms with Crippen molar-refractivity contribution in [3.8, 4) is 0 Å². The highest BCUT2D eigenvalue weighted by Crippen LogP contribution is 2.30. The van der Waals surface area contributed by atoms with E-state index >= 15 is 0 Å². The van der Waals surface area contributed by atoms with Crippen molar-refractivity contribution in [2.24, 2.45) is 5.10 Å². The summed E-state index contributed by atoms with van der Waals surface area (Å²) >= 11 is 16.2. The van der Waals surface area contributed by atoms with Crippen LogP contribution >= 0.6 is 58.1 Å². The van der Waals surface area contributed by atoms with Crippen molar-refractivity contribution in [2.75, 3.05) is 5.75 Å². The van der Waals surface area contributed by atoms with E-state index in [-0.39, 0.29) is 11.7 Å². The van der Waals surface area contributed by atoms with Gasteiger partial charge in [-0.1, -0.05) is 82.3 Å². The molecule has 1 heterocycles. The van der Waals surface area contributed by atoms with Crippen LogP contribution < -0.4 is 5.43 Å². The summed E-state index contributed by atoms with van der Waals surface area (Å²) in [6, 6.07) is 14.9. The highest BCUT2D eigenvalue weighted by atomic mass is 35.5. The molecule has 5 nitrogen and oxygen atoms in total. The zero-order chi connectivity index (χ0) is 19.8. The summed E-state index contributed by atoms with van der Waals surface area (Å²) in [5.74, 6) is 0.785. The maximum Gasteiger partial charge on any atom is 0.250 e. The van der Waals surface area contributed by atoms with Crippen LogP contribution in [0.4, 0.5) is 0 Å². The molecule has 0 aliphatic rings. The molecule has 3 rings (SSSR count). The van der Waals surface area contributed by atoms with Gasteiger partial charge in [-0.2, -0.15) is 5.10 Å². The topological polar surface area (TPSA) is 67.2 Å². The Labute approximate surface area is 184 Å². The quantitative estimate of drug-likeness (QED) is 0.273. The van der Waals surface area contributed by atoms with Crippen LogP contribution in [0.2, 0.25) is 10.0 Å². The fourth-order valence-electron chi connectivity index (χ4n) is 1.96. The first-order chi connectivity index (χ1) is 13.6. The summed E-state index contributed by atoms with van der Waals surface area (Å²) < 4.78 is 1.60. The van der Waals surface area contributed by atoms with E-state index in [1.807, 2.05) is 36.4 Å². The van der Waals surface area contributed by atoms with Crippen molar-refractivity contribution >= 4 is 70.2 Å². The van der Waals surface area contributed by atoms with Crippen LogP contribution in [0.25, 0.3) is 0 Å². The summed E-state index contributed by atoms with van der Waals surface area (Å²) in [5.41, 5.74) is 4.46. The predicted molar refractivity (Wildman–Crippen MR) is 119 cm³/mol. The molecule has 144 valence electrons. The molecular formula is C18H14Cl2N4OS3. The second-order valence-electron chi connectivity index (χ2n) is 5.39. The van der Waals surface area contributed by atoms with E-state index in [1.165, 1.54) is 23.1 Å². The standard InChI is InChI=1S/C18H14Cl2N4OS3/c19-14-6-4-12(5-7-14)10-26-17-23-24-18(28-17)27-11-16(25)22-21-9-13-2-1-3-15(20)8-13/h1-9H,10-11H2,(H,22,25)/b21-9-. The number of benzene rings is 2. The second-order valence-corrected chi connectivity index (χ2v) is 9.68. The maximum absolute atomic E-state index is 11.9. The number of halogens is 2. The average molecular weight is 469 g/mol. The Morgan fingerprint density at radius 3 is 2.57 bits per heavy atom. The molecule has 0 unspecified atom stereocenters. The van der Waals surface area contributed by atoms with Gasteiger partial charge in [-0.15, -0.1) is 10.2 Å².